The minimum absolute atomic E-state index is 0.0397. The summed E-state index contributed by atoms with van der Waals surface area (Å²) in [4.78, 5) is 37.9. The number of Topliss-reactive ketones (excluding diaryl/α,β-unsaturated/α-hetero) is 1. The van der Waals surface area contributed by atoms with Gasteiger partial charge in [0.15, 0.2) is 5.78 Å². The Kier molecular flexibility index (Phi) is 6.79. The lowest BCUT2D eigenvalue weighted by atomic mass is 9.92. The fraction of sp³-hybridized carbons (Fsp3) is 0.609. The number of fused-ring (bicyclic) bond motifs is 1. The van der Waals surface area contributed by atoms with Crippen LogP contribution in [0.15, 0.2) is 30.3 Å². The van der Waals surface area contributed by atoms with Gasteiger partial charge in [0.1, 0.15) is 6.61 Å². The topological polar surface area (TPSA) is 96.5 Å². The number of ether oxygens (including phenoxy) is 1. The number of ketones is 1. The summed E-state index contributed by atoms with van der Waals surface area (Å²) in [5, 5.41) is 9.10. The highest BCUT2D eigenvalue weighted by Crippen LogP contribution is 2.37. The Balaban J connectivity index is 1.36. The van der Waals surface area contributed by atoms with Gasteiger partial charge >= 0.3 is 0 Å². The zero-order valence-electron chi connectivity index (χ0n) is 17.3. The summed E-state index contributed by atoms with van der Waals surface area (Å²) in [6, 6.07) is 8.71. The van der Waals surface area contributed by atoms with E-state index >= 15 is 0 Å². The molecule has 0 radical (unpaired) electrons. The van der Waals surface area contributed by atoms with Crippen LogP contribution in [-0.4, -0.2) is 49.4 Å². The fourth-order valence-electron chi connectivity index (χ4n) is 5.11. The largest absolute Gasteiger partial charge is 0.369 e. The minimum atomic E-state index is -0.704. The Labute approximate surface area is 177 Å². The predicted octanol–water partition coefficient (Wildman–Crippen LogP) is 1.17. The molecule has 0 spiro atoms. The van der Waals surface area contributed by atoms with Gasteiger partial charge in [-0.15, -0.1) is 0 Å². The second-order valence-corrected chi connectivity index (χ2v) is 8.76. The molecular weight excluding hydrogens is 382 g/mol. The molecular formula is C23H31N3O4. The predicted molar refractivity (Wildman–Crippen MR) is 111 cm³/mol. The van der Waals surface area contributed by atoms with E-state index < -0.39 is 6.04 Å². The third kappa shape index (κ3) is 4.90. The van der Waals surface area contributed by atoms with Gasteiger partial charge in [0.2, 0.25) is 11.8 Å². The van der Waals surface area contributed by atoms with Crippen LogP contribution in [0.3, 0.4) is 0 Å². The molecule has 0 unspecified atom stereocenters. The van der Waals surface area contributed by atoms with Crippen molar-refractivity contribution in [3.05, 3.63) is 35.9 Å². The van der Waals surface area contributed by atoms with Crippen molar-refractivity contribution in [1.82, 2.24) is 16.0 Å². The van der Waals surface area contributed by atoms with Gasteiger partial charge in [-0.05, 0) is 49.6 Å². The van der Waals surface area contributed by atoms with E-state index in [4.69, 9.17) is 4.74 Å². The van der Waals surface area contributed by atoms with Gasteiger partial charge < -0.3 is 20.7 Å². The Hall–Kier alpha value is -2.25. The van der Waals surface area contributed by atoms with Crippen molar-refractivity contribution >= 4 is 17.6 Å². The van der Waals surface area contributed by atoms with Crippen LogP contribution in [0, 0.1) is 17.8 Å². The lowest BCUT2D eigenvalue weighted by Gasteiger charge is -2.24. The van der Waals surface area contributed by atoms with E-state index in [9.17, 15) is 14.4 Å². The van der Waals surface area contributed by atoms with Crippen LogP contribution < -0.4 is 16.0 Å². The standard InChI is InChI=1S/C23H31N3O4/c27-20(14-30-13-15-5-2-1-3-6-15)19(11-16-9-10-24-22(16)28)26-23(29)21-18-8-4-7-17(18)12-25-21/h1-3,5-6,16-19,21,25H,4,7-14H2,(H,24,28)(H,26,29)/t16-,17-,18-,19-,21-/m0/s1. The van der Waals surface area contributed by atoms with Crippen LogP contribution in [-0.2, 0) is 25.7 Å². The molecule has 4 rings (SSSR count). The number of amides is 2. The molecule has 1 aliphatic carbocycles. The van der Waals surface area contributed by atoms with E-state index in [1.807, 2.05) is 30.3 Å². The molecule has 3 N–H and O–H groups in total. The molecule has 7 heteroatoms. The van der Waals surface area contributed by atoms with Crippen molar-refractivity contribution in [2.75, 3.05) is 19.7 Å². The van der Waals surface area contributed by atoms with E-state index in [1.165, 1.54) is 12.8 Å². The molecule has 30 heavy (non-hydrogen) atoms. The number of nitrogens with one attached hydrogen (secondary N) is 3. The molecule has 1 saturated carbocycles. The first-order chi connectivity index (χ1) is 14.6. The number of hydrogen-bond acceptors (Lipinski definition) is 5. The van der Waals surface area contributed by atoms with Crippen molar-refractivity contribution < 1.29 is 19.1 Å². The average Bonchev–Trinajstić information content (AvgIpc) is 3.46. The SMILES string of the molecule is O=C1NCC[C@H]1C[C@H](NC(=O)[C@H]1NC[C@@H]2CCC[C@@H]21)C(=O)COCc1ccccc1. The maximum Gasteiger partial charge on any atom is 0.238 e. The van der Waals surface area contributed by atoms with E-state index in [1.54, 1.807) is 0 Å². The molecule has 2 saturated heterocycles. The molecule has 0 aromatic heterocycles. The maximum absolute atomic E-state index is 13.0. The monoisotopic (exact) mass is 413 g/mol. The molecule has 2 amide bonds. The van der Waals surface area contributed by atoms with Crippen LogP contribution >= 0.6 is 0 Å². The minimum Gasteiger partial charge on any atom is -0.369 e. The molecule has 3 aliphatic rings. The summed E-state index contributed by atoms with van der Waals surface area (Å²) in [6.07, 6.45) is 4.40. The average molecular weight is 414 g/mol. The Morgan fingerprint density at radius 3 is 2.77 bits per heavy atom. The van der Waals surface area contributed by atoms with E-state index in [-0.39, 0.29) is 36.2 Å². The van der Waals surface area contributed by atoms with Gasteiger partial charge in [0, 0.05) is 12.5 Å². The van der Waals surface area contributed by atoms with Crippen LogP contribution in [0.1, 0.15) is 37.7 Å². The number of hydrogen-bond donors (Lipinski definition) is 3. The van der Waals surface area contributed by atoms with E-state index in [0.717, 1.165) is 18.5 Å². The summed E-state index contributed by atoms with van der Waals surface area (Å²) < 4.78 is 5.61. The smallest absolute Gasteiger partial charge is 0.238 e. The third-order valence-electron chi connectivity index (χ3n) is 6.77. The quantitative estimate of drug-likeness (QED) is 0.565. The number of rotatable bonds is 9. The zero-order chi connectivity index (χ0) is 20.9. The number of carbonyl (C=O) groups is 3. The number of benzene rings is 1. The molecule has 1 aromatic carbocycles. The summed E-state index contributed by atoms with van der Waals surface area (Å²) in [5.41, 5.74) is 0.989. The van der Waals surface area contributed by atoms with Crippen molar-refractivity contribution in [2.45, 2.75) is 50.8 Å². The molecule has 162 valence electrons. The first-order valence-corrected chi connectivity index (χ1v) is 11.1. The molecule has 7 nitrogen and oxygen atoms in total. The summed E-state index contributed by atoms with van der Waals surface area (Å²) in [5.74, 6) is 0.324. The highest BCUT2D eigenvalue weighted by atomic mass is 16.5. The first kappa shape index (κ1) is 21.0. The molecule has 5 atom stereocenters. The second kappa shape index (κ2) is 9.71. The normalized spacial score (nSPS) is 28.7. The Morgan fingerprint density at radius 1 is 1.17 bits per heavy atom. The van der Waals surface area contributed by atoms with Crippen LogP contribution in [0.25, 0.3) is 0 Å². The molecule has 0 bridgehead atoms. The third-order valence-corrected chi connectivity index (χ3v) is 6.77. The summed E-state index contributed by atoms with van der Waals surface area (Å²) in [7, 11) is 0. The van der Waals surface area contributed by atoms with Gasteiger partial charge in [-0.3, -0.25) is 14.4 Å². The fourth-order valence-corrected chi connectivity index (χ4v) is 5.11. The van der Waals surface area contributed by atoms with E-state index in [2.05, 4.69) is 16.0 Å². The van der Waals surface area contributed by atoms with Crippen LogP contribution in [0.5, 0.6) is 0 Å². The zero-order valence-corrected chi connectivity index (χ0v) is 17.3. The van der Waals surface area contributed by atoms with Crippen molar-refractivity contribution in [3.8, 4) is 0 Å². The highest BCUT2D eigenvalue weighted by molar-refractivity contribution is 5.92. The maximum atomic E-state index is 13.0. The van der Waals surface area contributed by atoms with E-state index in [0.29, 0.717) is 37.8 Å². The van der Waals surface area contributed by atoms with Gasteiger partial charge in [-0.1, -0.05) is 36.8 Å². The lowest BCUT2D eigenvalue weighted by molar-refractivity contribution is -0.133. The Bertz CT molecular complexity index is 769. The molecule has 2 heterocycles. The lowest BCUT2D eigenvalue weighted by Crippen LogP contribution is -2.51. The van der Waals surface area contributed by atoms with Crippen molar-refractivity contribution in [2.24, 2.45) is 17.8 Å². The molecule has 1 aromatic rings. The highest BCUT2D eigenvalue weighted by Gasteiger charge is 2.43. The van der Waals surface area contributed by atoms with Gasteiger partial charge in [-0.2, -0.15) is 0 Å². The first-order valence-electron chi connectivity index (χ1n) is 11.1. The second-order valence-electron chi connectivity index (χ2n) is 8.76. The van der Waals surface area contributed by atoms with Gasteiger partial charge in [0.05, 0.1) is 18.7 Å². The van der Waals surface area contributed by atoms with Gasteiger partial charge in [0.25, 0.3) is 0 Å². The van der Waals surface area contributed by atoms with Crippen molar-refractivity contribution in [1.29, 1.82) is 0 Å². The summed E-state index contributed by atoms with van der Waals surface area (Å²) in [6.45, 7) is 1.74. The van der Waals surface area contributed by atoms with Gasteiger partial charge in [-0.25, -0.2) is 0 Å². The van der Waals surface area contributed by atoms with Crippen LogP contribution in [0.4, 0.5) is 0 Å². The number of carbonyl (C=O) groups excluding carboxylic acids is 3. The van der Waals surface area contributed by atoms with Crippen molar-refractivity contribution in [3.63, 3.8) is 0 Å². The van der Waals surface area contributed by atoms with Crippen LogP contribution in [0.2, 0.25) is 0 Å². The molecule has 2 aliphatic heterocycles. The molecule has 3 fully saturated rings. The summed E-state index contributed by atoms with van der Waals surface area (Å²) >= 11 is 0. The Morgan fingerprint density at radius 2 is 2.00 bits per heavy atom.